The Kier molecular flexibility index (Phi) is 4.45. The first-order valence-corrected chi connectivity index (χ1v) is 7.81. The van der Waals surface area contributed by atoms with Gasteiger partial charge in [-0.15, -0.1) is 0 Å². The molecule has 1 aromatic carbocycles. The zero-order valence-electron chi connectivity index (χ0n) is 13.8. The Bertz CT molecular complexity index is 784. The highest BCUT2D eigenvalue weighted by atomic mass is 16.5. The van der Waals surface area contributed by atoms with Crippen LogP contribution in [-0.4, -0.2) is 39.4 Å². The third-order valence-corrected chi connectivity index (χ3v) is 3.72. The fourth-order valence-corrected chi connectivity index (χ4v) is 2.77. The number of ether oxygens (including phenoxy) is 2. The minimum Gasteiger partial charge on any atom is -0.494 e. The van der Waals surface area contributed by atoms with E-state index in [0.29, 0.717) is 29.6 Å². The molecule has 0 saturated heterocycles. The van der Waals surface area contributed by atoms with Crippen molar-refractivity contribution in [1.29, 1.82) is 0 Å². The second-order valence-corrected chi connectivity index (χ2v) is 5.20. The average Bonchev–Trinajstić information content (AvgIpc) is 3.02. The minimum absolute atomic E-state index is 0.290. The molecule has 8 nitrogen and oxygen atoms in total. The van der Waals surface area contributed by atoms with Gasteiger partial charge in [-0.05, 0) is 37.3 Å². The summed E-state index contributed by atoms with van der Waals surface area (Å²) < 4.78 is 12.5. The molecule has 0 amide bonds. The molecular weight excluding hydrogens is 310 g/mol. The fourth-order valence-electron chi connectivity index (χ4n) is 2.77. The summed E-state index contributed by atoms with van der Waals surface area (Å²) in [5.74, 6) is 0.750. The molecule has 2 aromatic rings. The molecule has 3 rings (SSSR count). The van der Waals surface area contributed by atoms with Crippen molar-refractivity contribution in [3.63, 3.8) is 0 Å². The molecule has 2 heterocycles. The van der Waals surface area contributed by atoms with Crippen LogP contribution in [0.4, 0.5) is 5.95 Å². The number of benzene rings is 1. The maximum absolute atomic E-state index is 12.6. The molecule has 1 atom stereocenters. The van der Waals surface area contributed by atoms with Crippen molar-refractivity contribution in [2.45, 2.75) is 26.8 Å². The normalized spacial score (nSPS) is 16.4. The molecule has 0 bridgehead atoms. The van der Waals surface area contributed by atoms with Crippen LogP contribution in [0.5, 0.6) is 5.75 Å². The number of allylic oxidation sites excluding steroid dienone is 1. The first-order valence-electron chi connectivity index (χ1n) is 7.81. The third-order valence-electron chi connectivity index (χ3n) is 3.72. The number of anilines is 1. The van der Waals surface area contributed by atoms with Crippen LogP contribution in [0.1, 0.15) is 32.4 Å². The Balaban J connectivity index is 2.16. The lowest BCUT2D eigenvalue weighted by Gasteiger charge is -2.28. The van der Waals surface area contributed by atoms with Gasteiger partial charge in [-0.2, -0.15) is 4.68 Å². The number of carbonyl (C=O) groups is 1. The zero-order chi connectivity index (χ0) is 17.1. The molecule has 0 aliphatic carbocycles. The van der Waals surface area contributed by atoms with E-state index in [4.69, 9.17) is 9.47 Å². The molecule has 0 saturated carbocycles. The number of hydrogen-bond donors (Lipinski definition) is 1. The SMILES string of the molecule is CCOC(=O)C1=C(C)Nc2nnnn2[C@H]1c1ccccc1OCC. The second-order valence-electron chi connectivity index (χ2n) is 5.20. The van der Waals surface area contributed by atoms with Gasteiger partial charge in [0.2, 0.25) is 5.95 Å². The van der Waals surface area contributed by atoms with Crippen LogP contribution in [0.3, 0.4) is 0 Å². The number of esters is 1. The Morgan fingerprint density at radius 3 is 2.83 bits per heavy atom. The first kappa shape index (κ1) is 16.0. The summed E-state index contributed by atoms with van der Waals surface area (Å²) >= 11 is 0. The van der Waals surface area contributed by atoms with E-state index in [0.717, 1.165) is 5.56 Å². The molecule has 1 N–H and O–H groups in total. The van der Waals surface area contributed by atoms with Gasteiger partial charge < -0.3 is 14.8 Å². The number of para-hydroxylation sites is 1. The van der Waals surface area contributed by atoms with Crippen molar-refractivity contribution in [3.8, 4) is 5.75 Å². The van der Waals surface area contributed by atoms with Gasteiger partial charge in [-0.3, -0.25) is 0 Å². The molecule has 0 unspecified atom stereocenters. The summed E-state index contributed by atoms with van der Waals surface area (Å²) in [6, 6.07) is 7.03. The van der Waals surface area contributed by atoms with Crippen LogP contribution in [0.25, 0.3) is 0 Å². The molecule has 0 radical (unpaired) electrons. The summed E-state index contributed by atoms with van der Waals surface area (Å²) in [6.45, 7) is 6.30. The van der Waals surface area contributed by atoms with Crippen LogP contribution in [0.15, 0.2) is 35.5 Å². The predicted octanol–water partition coefficient (Wildman–Crippen LogP) is 1.92. The van der Waals surface area contributed by atoms with Gasteiger partial charge in [0.25, 0.3) is 0 Å². The Hall–Kier alpha value is -2.90. The van der Waals surface area contributed by atoms with Crippen molar-refractivity contribution in [2.75, 3.05) is 18.5 Å². The van der Waals surface area contributed by atoms with Gasteiger partial charge >= 0.3 is 5.97 Å². The first-order chi connectivity index (χ1) is 11.7. The van der Waals surface area contributed by atoms with Crippen LogP contribution in [-0.2, 0) is 9.53 Å². The lowest BCUT2D eigenvalue weighted by atomic mass is 9.95. The van der Waals surface area contributed by atoms with Gasteiger partial charge in [0.05, 0.1) is 18.8 Å². The molecule has 1 aliphatic rings. The Morgan fingerprint density at radius 2 is 2.08 bits per heavy atom. The van der Waals surface area contributed by atoms with E-state index in [-0.39, 0.29) is 6.61 Å². The minimum atomic E-state index is -0.516. The molecule has 8 heteroatoms. The quantitative estimate of drug-likeness (QED) is 0.838. The topological polar surface area (TPSA) is 91.2 Å². The average molecular weight is 329 g/mol. The summed E-state index contributed by atoms with van der Waals surface area (Å²) in [4.78, 5) is 12.6. The highest BCUT2D eigenvalue weighted by Gasteiger charge is 2.36. The fraction of sp³-hybridized carbons (Fsp3) is 0.375. The molecule has 0 spiro atoms. The highest BCUT2D eigenvalue weighted by molar-refractivity contribution is 5.92. The number of carbonyl (C=O) groups excluding carboxylic acids is 1. The number of rotatable bonds is 5. The number of tetrazole rings is 1. The van der Waals surface area contributed by atoms with Gasteiger partial charge in [0.15, 0.2) is 0 Å². The summed E-state index contributed by atoms with van der Waals surface area (Å²) in [5, 5.41) is 14.8. The molecule has 126 valence electrons. The van der Waals surface area contributed by atoms with E-state index in [2.05, 4.69) is 20.8 Å². The van der Waals surface area contributed by atoms with Crippen LogP contribution >= 0.6 is 0 Å². The van der Waals surface area contributed by atoms with E-state index in [1.807, 2.05) is 31.2 Å². The lowest BCUT2D eigenvalue weighted by Crippen LogP contribution is -2.30. The van der Waals surface area contributed by atoms with E-state index >= 15 is 0 Å². The predicted molar refractivity (Wildman–Crippen MR) is 86.5 cm³/mol. The van der Waals surface area contributed by atoms with E-state index in [1.165, 1.54) is 0 Å². The van der Waals surface area contributed by atoms with Crippen LogP contribution < -0.4 is 10.1 Å². The number of nitrogens with zero attached hydrogens (tertiary/aromatic N) is 4. The number of aromatic nitrogens is 4. The second kappa shape index (κ2) is 6.69. The van der Waals surface area contributed by atoms with Crippen molar-refractivity contribution in [2.24, 2.45) is 0 Å². The maximum atomic E-state index is 12.6. The van der Waals surface area contributed by atoms with Gasteiger partial charge in [0, 0.05) is 11.3 Å². The molecule has 24 heavy (non-hydrogen) atoms. The van der Waals surface area contributed by atoms with Gasteiger partial charge in [0.1, 0.15) is 11.8 Å². The lowest BCUT2D eigenvalue weighted by molar-refractivity contribution is -0.139. The van der Waals surface area contributed by atoms with Gasteiger partial charge in [-0.1, -0.05) is 23.3 Å². The number of fused-ring (bicyclic) bond motifs is 1. The summed E-state index contributed by atoms with van der Waals surface area (Å²) in [6.07, 6.45) is 0. The Labute approximate surface area is 139 Å². The molecule has 0 fully saturated rings. The van der Waals surface area contributed by atoms with E-state index in [9.17, 15) is 4.79 Å². The molecule has 1 aromatic heterocycles. The summed E-state index contributed by atoms with van der Waals surface area (Å²) in [7, 11) is 0. The Morgan fingerprint density at radius 1 is 1.29 bits per heavy atom. The zero-order valence-corrected chi connectivity index (χ0v) is 13.8. The molecular formula is C16H19N5O3. The van der Waals surface area contributed by atoms with Crippen molar-refractivity contribution in [3.05, 3.63) is 41.1 Å². The smallest absolute Gasteiger partial charge is 0.338 e. The van der Waals surface area contributed by atoms with Crippen LogP contribution in [0.2, 0.25) is 0 Å². The third kappa shape index (κ3) is 2.70. The van der Waals surface area contributed by atoms with Crippen molar-refractivity contribution in [1.82, 2.24) is 20.2 Å². The molecule has 1 aliphatic heterocycles. The van der Waals surface area contributed by atoms with E-state index < -0.39 is 12.0 Å². The van der Waals surface area contributed by atoms with E-state index in [1.54, 1.807) is 18.5 Å². The highest BCUT2D eigenvalue weighted by Crippen LogP contribution is 2.38. The maximum Gasteiger partial charge on any atom is 0.338 e. The monoisotopic (exact) mass is 329 g/mol. The largest absolute Gasteiger partial charge is 0.494 e. The summed E-state index contributed by atoms with van der Waals surface area (Å²) in [5.41, 5.74) is 1.92. The number of hydrogen-bond acceptors (Lipinski definition) is 7. The standard InChI is InChI=1S/C16H19N5O3/c1-4-23-12-9-7-6-8-11(12)14-13(15(22)24-5-2)10(3)17-16-18-19-20-21(14)16/h6-9,14H,4-5H2,1-3H3,(H,17,18,20)/t14-/m0/s1. The van der Waals surface area contributed by atoms with Crippen molar-refractivity contribution < 1.29 is 14.3 Å². The van der Waals surface area contributed by atoms with Crippen molar-refractivity contribution >= 4 is 11.9 Å². The number of nitrogens with one attached hydrogen (secondary N) is 1. The van der Waals surface area contributed by atoms with Gasteiger partial charge in [-0.25, -0.2) is 4.79 Å². The van der Waals surface area contributed by atoms with Crippen LogP contribution in [0, 0.1) is 0 Å².